The molecule has 0 fully saturated rings. The summed E-state index contributed by atoms with van der Waals surface area (Å²) in [7, 11) is 1.61. The molecule has 0 aliphatic heterocycles. The van der Waals surface area contributed by atoms with E-state index in [0.29, 0.717) is 28.5 Å². The molecular weight excluding hydrogens is 278 g/mol. The van der Waals surface area contributed by atoms with Crippen molar-refractivity contribution in [2.45, 2.75) is 6.42 Å². The van der Waals surface area contributed by atoms with Gasteiger partial charge in [0.1, 0.15) is 11.3 Å². The number of benzene rings is 2. The second-order valence-electron chi connectivity index (χ2n) is 4.94. The van der Waals surface area contributed by atoms with Crippen LogP contribution in [0, 0.1) is 11.3 Å². The molecule has 22 heavy (non-hydrogen) atoms. The van der Waals surface area contributed by atoms with E-state index in [1.807, 2.05) is 30.3 Å². The first-order chi connectivity index (χ1) is 10.7. The molecule has 0 amide bonds. The number of nitrogens with zero attached hydrogens (tertiary/aromatic N) is 1. The minimum atomic E-state index is -0.0754. The fourth-order valence-electron chi connectivity index (χ4n) is 2.36. The number of rotatable bonds is 3. The summed E-state index contributed by atoms with van der Waals surface area (Å²) in [5.74, 6) is 0.751. The van der Waals surface area contributed by atoms with Crippen LogP contribution in [0.3, 0.4) is 0 Å². The summed E-state index contributed by atoms with van der Waals surface area (Å²) in [6, 6.07) is 14.4. The fraction of sp³-hybridized carbons (Fsp3) is 0.111. The minimum Gasteiger partial charge on any atom is -0.497 e. The maximum atomic E-state index is 12.5. The number of fused-ring (bicyclic) bond motifs is 1. The van der Waals surface area contributed by atoms with Crippen LogP contribution in [0.25, 0.3) is 11.0 Å². The van der Waals surface area contributed by atoms with E-state index < -0.39 is 0 Å². The Morgan fingerprint density at radius 3 is 2.86 bits per heavy atom. The quantitative estimate of drug-likeness (QED) is 0.743. The van der Waals surface area contributed by atoms with Crippen molar-refractivity contribution in [2.75, 3.05) is 7.11 Å². The van der Waals surface area contributed by atoms with Gasteiger partial charge in [-0.1, -0.05) is 12.1 Å². The Morgan fingerprint density at radius 1 is 1.23 bits per heavy atom. The SMILES string of the molecule is COc1cccc(Cc2coc3cc(C#N)ccc3c2=O)c1. The van der Waals surface area contributed by atoms with Gasteiger partial charge in [-0.2, -0.15) is 5.26 Å². The number of hydrogen-bond acceptors (Lipinski definition) is 4. The average Bonchev–Trinajstić information content (AvgIpc) is 2.57. The standard InChI is InChI=1S/C18H13NO3/c1-21-15-4-2-3-12(8-15)7-14-11-22-17-9-13(10-19)5-6-16(17)18(14)20/h2-6,8-9,11H,7H2,1H3. The van der Waals surface area contributed by atoms with E-state index in [1.165, 1.54) is 6.26 Å². The molecular formula is C18H13NO3. The number of hydrogen-bond donors (Lipinski definition) is 0. The normalized spacial score (nSPS) is 10.4. The molecule has 1 heterocycles. The van der Waals surface area contributed by atoms with Gasteiger partial charge >= 0.3 is 0 Å². The summed E-state index contributed by atoms with van der Waals surface area (Å²) >= 11 is 0. The van der Waals surface area contributed by atoms with Crippen LogP contribution in [-0.4, -0.2) is 7.11 Å². The second-order valence-corrected chi connectivity index (χ2v) is 4.94. The maximum Gasteiger partial charge on any atom is 0.196 e. The van der Waals surface area contributed by atoms with Crippen molar-refractivity contribution in [3.63, 3.8) is 0 Å². The smallest absolute Gasteiger partial charge is 0.196 e. The van der Waals surface area contributed by atoms with Gasteiger partial charge in [-0.3, -0.25) is 4.79 Å². The topological polar surface area (TPSA) is 63.2 Å². The van der Waals surface area contributed by atoms with E-state index in [0.717, 1.165) is 11.3 Å². The Bertz CT molecular complexity index is 935. The Morgan fingerprint density at radius 2 is 2.09 bits per heavy atom. The highest BCUT2D eigenvalue weighted by atomic mass is 16.5. The monoisotopic (exact) mass is 291 g/mol. The first kappa shape index (κ1) is 13.9. The van der Waals surface area contributed by atoms with Crippen LogP contribution >= 0.6 is 0 Å². The van der Waals surface area contributed by atoms with E-state index in [-0.39, 0.29) is 5.43 Å². The van der Waals surface area contributed by atoms with E-state index in [1.54, 1.807) is 25.3 Å². The molecule has 0 saturated heterocycles. The van der Waals surface area contributed by atoms with Crippen molar-refractivity contribution in [1.82, 2.24) is 0 Å². The molecule has 4 nitrogen and oxygen atoms in total. The van der Waals surface area contributed by atoms with Gasteiger partial charge in [-0.25, -0.2) is 0 Å². The number of methoxy groups -OCH3 is 1. The van der Waals surface area contributed by atoms with Gasteiger partial charge in [-0.05, 0) is 35.9 Å². The third-order valence-electron chi connectivity index (χ3n) is 3.50. The Labute approximate surface area is 127 Å². The Balaban J connectivity index is 2.03. The van der Waals surface area contributed by atoms with Crippen molar-refractivity contribution in [3.8, 4) is 11.8 Å². The second kappa shape index (κ2) is 5.74. The molecule has 3 rings (SSSR count). The van der Waals surface area contributed by atoms with Gasteiger partial charge in [0.25, 0.3) is 0 Å². The van der Waals surface area contributed by atoms with Gasteiger partial charge in [0.15, 0.2) is 5.43 Å². The predicted octanol–water partition coefficient (Wildman–Crippen LogP) is 3.26. The molecule has 1 aromatic heterocycles. The van der Waals surface area contributed by atoms with Crippen LogP contribution in [0.4, 0.5) is 0 Å². The lowest BCUT2D eigenvalue weighted by Crippen LogP contribution is -2.09. The molecule has 0 N–H and O–H groups in total. The maximum absolute atomic E-state index is 12.5. The first-order valence-electron chi connectivity index (χ1n) is 6.79. The van der Waals surface area contributed by atoms with Gasteiger partial charge < -0.3 is 9.15 Å². The molecule has 0 radical (unpaired) electrons. The van der Waals surface area contributed by atoms with Crippen molar-refractivity contribution in [1.29, 1.82) is 5.26 Å². The molecule has 4 heteroatoms. The molecule has 3 aromatic rings. The number of ether oxygens (including phenoxy) is 1. The van der Waals surface area contributed by atoms with Crippen LogP contribution in [0.1, 0.15) is 16.7 Å². The first-order valence-corrected chi connectivity index (χ1v) is 6.79. The molecule has 0 bridgehead atoms. The lowest BCUT2D eigenvalue weighted by molar-refractivity contribution is 0.414. The number of nitriles is 1. The minimum absolute atomic E-state index is 0.0754. The van der Waals surface area contributed by atoms with Crippen molar-refractivity contribution >= 4 is 11.0 Å². The van der Waals surface area contributed by atoms with Crippen molar-refractivity contribution < 1.29 is 9.15 Å². The molecule has 0 aliphatic rings. The lowest BCUT2D eigenvalue weighted by atomic mass is 10.0. The highest BCUT2D eigenvalue weighted by molar-refractivity contribution is 5.78. The van der Waals surface area contributed by atoms with E-state index in [4.69, 9.17) is 14.4 Å². The zero-order valence-corrected chi connectivity index (χ0v) is 12.0. The van der Waals surface area contributed by atoms with Crippen LogP contribution < -0.4 is 10.2 Å². The summed E-state index contributed by atoms with van der Waals surface area (Å²) in [5.41, 5.74) is 2.37. The van der Waals surface area contributed by atoms with E-state index in [9.17, 15) is 4.79 Å². The van der Waals surface area contributed by atoms with Crippen molar-refractivity contribution in [2.24, 2.45) is 0 Å². The summed E-state index contributed by atoms with van der Waals surface area (Å²) in [6.07, 6.45) is 1.93. The molecule has 0 saturated carbocycles. The molecule has 0 unspecified atom stereocenters. The Kier molecular flexibility index (Phi) is 3.63. The molecule has 108 valence electrons. The highest BCUT2D eigenvalue weighted by Gasteiger charge is 2.09. The van der Waals surface area contributed by atoms with Crippen molar-refractivity contribution in [3.05, 3.63) is 75.6 Å². The van der Waals surface area contributed by atoms with Gasteiger partial charge in [0.05, 0.1) is 30.4 Å². The summed E-state index contributed by atoms with van der Waals surface area (Å²) in [6.45, 7) is 0. The lowest BCUT2D eigenvalue weighted by Gasteiger charge is -2.05. The molecule has 0 spiro atoms. The summed E-state index contributed by atoms with van der Waals surface area (Å²) in [4.78, 5) is 12.5. The predicted molar refractivity (Wildman–Crippen MR) is 83.0 cm³/mol. The zero-order chi connectivity index (χ0) is 15.5. The fourth-order valence-corrected chi connectivity index (χ4v) is 2.36. The largest absolute Gasteiger partial charge is 0.497 e. The third-order valence-corrected chi connectivity index (χ3v) is 3.50. The van der Waals surface area contributed by atoms with E-state index >= 15 is 0 Å². The zero-order valence-electron chi connectivity index (χ0n) is 12.0. The van der Waals surface area contributed by atoms with Gasteiger partial charge in [-0.15, -0.1) is 0 Å². The van der Waals surface area contributed by atoms with Gasteiger partial charge in [0.2, 0.25) is 0 Å². The summed E-state index contributed by atoms with van der Waals surface area (Å²) < 4.78 is 10.7. The average molecular weight is 291 g/mol. The van der Waals surface area contributed by atoms with Gasteiger partial charge in [0, 0.05) is 12.0 Å². The molecule has 2 aromatic carbocycles. The molecule has 0 atom stereocenters. The summed E-state index contributed by atoms with van der Waals surface area (Å²) in [5, 5.41) is 9.37. The van der Waals surface area contributed by atoms with Crippen LogP contribution in [0.5, 0.6) is 5.75 Å². The molecule has 0 aliphatic carbocycles. The Hall–Kier alpha value is -3.06. The van der Waals surface area contributed by atoms with E-state index in [2.05, 4.69) is 0 Å². The highest BCUT2D eigenvalue weighted by Crippen LogP contribution is 2.18. The van der Waals surface area contributed by atoms with Crippen LogP contribution in [-0.2, 0) is 6.42 Å². The van der Waals surface area contributed by atoms with Crippen LogP contribution in [0.15, 0.2) is 57.9 Å². The van der Waals surface area contributed by atoms with Crippen LogP contribution in [0.2, 0.25) is 0 Å². The third kappa shape index (κ3) is 2.57.